The fraction of sp³-hybridized carbons (Fsp3) is 0.467. The fourth-order valence-corrected chi connectivity index (χ4v) is 3.49. The van der Waals surface area contributed by atoms with Crippen LogP contribution in [0.15, 0.2) is 22.8 Å². The van der Waals surface area contributed by atoms with Gasteiger partial charge in [0.25, 0.3) is 0 Å². The molecule has 1 aromatic carbocycles. The Morgan fingerprint density at radius 1 is 1.45 bits per heavy atom. The summed E-state index contributed by atoms with van der Waals surface area (Å²) in [6, 6.07) is 7.23. The first-order valence-electron chi connectivity index (χ1n) is 7.12. The Bertz CT molecular complexity index is 601. The molecule has 0 radical (unpaired) electrons. The molecule has 0 aliphatic heterocycles. The van der Waals surface area contributed by atoms with Gasteiger partial charge in [-0.3, -0.25) is 0 Å². The van der Waals surface area contributed by atoms with E-state index in [9.17, 15) is 0 Å². The van der Waals surface area contributed by atoms with Crippen LogP contribution in [-0.2, 0) is 13.5 Å². The number of rotatable bonds is 4. The summed E-state index contributed by atoms with van der Waals surface area (Å²) in [5.41, 5.74) is 5.12. The normalized spacial score (nSPS) is 17.4. The number of aromatic nitrogens is 3. The van der Waals surface area contributed by atoms with Gasteiger partial charge in [-0.15, -0.1) is 5.10 Å². The summed E-state index contributed by atoms with van der Waals surface area (Å²) in [4.78, 5) is 0. The van der Waals surface area contributed by atoms with Gasteiger partial charge in [-0.25, -0.2) is 4.68 Å². The van der Waals surface area contributed by atoms with E-state index in [4.69, 9.17) is 0 Å². The molecule has 1 N–H and O–H groups in total. The van der Waals surface area contributed by atoms with E-state index in [0.717, 1.165) is 23.3 Å². The molecule has 1 aliphatic rings. The lowest BCUT2D eigenvalue weighted by Gasteiger charge is -2.13. The van der Waals surface area contributed by atoms with Crippen LogP contribution in [0.1, 0.15) is 36.9 Å². The fourth-order valence-electron chi connectivity index (χ4n) is 2.93. The first-order chi connectivity index (χ1) is 9.70. The van der Waals surface area contributed by atoms with Crippen LogP contribution in [0.2, 0.25) is 0 Å². The minimum Gasteiger partial charge on any atom is -0.310 e. The van der Waals surface area contributed by atoms with Crippen molar-refractivity contribution in [2.24, 2.45) is 7.05 Å². The Labute approximate surface area is 127 Å². The highest BCUT2D eigenvalue weighted by Gasteiger charge is 2.23. The van der Waals surface area contributed by atoms with E-state index in [2.05, 4.69) is 56.7 Å². The number of halogens is 1. The predicted octanol–water partition coefficient (Wildman–Crippen LogP) is 3.23. The van der Waals surface area contributed by atoms with Gasteiger partial charge >= 0.3 is 0 Å². The van der Waals surface area contributed by atoms with E-state index in [1.165, 1.54) is 29.5 Å². The maximum absolute atomic E-state index is 4.06. The van der Waals surface area contributed by atoms with Crippen LogP contribution in [-0.4, -0.2) is 21.5 Å². The highest BCUT2D eigenvalue weighted by Crippen LogP contribution is 2.35. The molecule has 0 saturated heterocycles. The van der Waals surface area contributed by atoms with Crippen molar-refractivity contribution in [3.05, 3.63) is 33.9 Å². The van der Waals surface area contributed by atoms with Crippen molar-refractivity contribution in [1.82, 2.24) is 20.3 Å². The molecule has 0 amide bonds. The smallest absolute Gasteiger partial charge is 0.156 e. The van der Waals surface area contributed by atoms with E-state index in [0.29, 0.717) is 6.04 Å². The number of hydrogen-bond acceptors (Lipinski definition) is 3. The third-order valence-electron chi connectivity index (χ3n) is 3.92. The standard InChI is InChI=1S/C15H19BrN4/c1-3-8-17-13-7-5-10-9-11(4-6-12(10)13)14-15(16)18-19-20(14)2/h4,6,9,13,17H,3,5,7-8H2,1-2H3. The summed E-state index contributed by atoms with van der Waals surface area (Å²) in [6.07, 6.45) is 3.52. The van der Waals surface area contributed by atoms with Crippen LogP contribution in [0.5, 0.6) is 0 Å². The molecule has 20 heavy (non-hydrogen) atoms. The Morgan fingerprint density at radius 3 is 3.00 bits per heavy atom. The second-order valence-corrected chi connectivity index (χ2v) is 6.06. The molecule has 1 unspecified atom stereocenters. The Hall–Kier alpha value is -1.20. The van der Waals surface area contributed by atoms with Gasteiger partial charge in [0.2, 0.25) is 0 Å². The topological polar surface area (TPSA) is 42.7 Å². The summed E-state index contributed by atoms with van der Waals surface area (Å²) in [5.74, 6) is 0. The zero-order valence-corrected chi connectivity index (χ0v) is 13.4. The third-order valence-corrected chi connectivity index (χ3v) is 4.45. The third kappa shape index (κ3) is 2.40. The van der Waals surface area contributed by atoms with E-state index < -0.39 is 0 Å². The number of nitrogens with zero attached hydrogens (tertiary/aromatic N) is 3. The van der Waals surface area contributed by atoms with Gasteiger partial charge in [0.15, 0.2) is 4.60 Å². The molecule has 3 rings (SSSR count). The van der Waals surface area contributed by atoms with Crippen molar-refractivity contribution in [2.75, 3.05) is 6.54 Å². The molecule has 0 bridgehead atoms. The average Bonchev–Trinajstić information content (AvgIpc) is 2.99. The molecule has 4 nitrogen and oxygen atoms in total. The lowest BCUT2D eigenvalue weighted by Crippen LogP contribution is -2.19. The van der Waals surface area contributed by atoms with Gasteiger partial charge in [-0.2, -0.15) is 0 Å². The molecule has 0 spiro atoms. The van der Waals surface area contributed by atoms with Crippen LogP contribution >= 0.6 is 15.9 Å². The van der Waals surface area contributed by atoms with Gasteiger partial charge in [0.05, 0.1) is 0 Å². The maximum atomic E-state index is 4.06. The van der Waals surface area contributed by atoms with Crippen LogP contribution in [0.4, 0.5) is 0 Å². The van der Waals surface area contributed by atoms with Gasteiger partial charge < -0.3 is 5.32 Å². The summed E-state index contributed by atoms with van der Waals surface area (Å²) in [7, 11) is 1.92. The molecular formula is C15H19BrN4. The van der Waals surface area contributed by atoms with E-state index in [-0.39, 0.29) is 0 Å². The quantitative estimate of drug-likeness (QED) is 0.933. The van der Waals surface area contributed by atoms with E-state index >= 15 is 0 Å². The van der Waals surface area contributed by atoms with Gasteiger partial charge in [-0.1, -0.05) is 24.3 Å². The number of nitrogens with one attached hydrogen (secondary N) is 1. The molecule has 0 saturated carbocycles. The van der Waals surface area contributed by atoms with Crippen molar-refractivity contribution in [3.63, 3.8) is 0 Å². The molecule has 106 valence electrons. The minimum atomic E-state index is 0.520. The number of benzene rings is 1. The summed E-state index contributed by atoms with van der Waals surface area (Å²) >= 11 is 3.47. The van der Waals surface area contributed by atoms with Gasteiger partial charge in [0.1, 0.15) is 5.69 Å². The van der Waals surface area contributed by atoms with Crippen molar-refractivity contribution < 1.29 is 0 Å². The molecule has 1 heterocycles. The monoisotopic (exact) mass is 334 g/mol. The lowest BCUT2D eigenvalue weighted by molar-refractivity contribution is 0.529. The van der Waals surface area contributed by atoms with Crippen LogP contribution in [0.3, 0.4) is 0 Å². The van der Waals surface area contributed by atoms with Gasteiger partial charge in [0, 0.05) is 18.7 Å². The van der Waals surface area contributed by atoms with Crippen LogP contribution in [0.25, 0.3) is 11.3 Å². The lowest BCUT2D eigenvalue weighted by atomic mass is 10.0. The van der Waals surface area contributed by atoms with Crippen LogP contribution < -0.4 is 5.32 Å². The molecule has 5 heteroatoms. The highest BCUT2D eigenvalue weighted by atomic mass is 79.9. The molecule has 1 aromatic heterocycles. The molecule has 1 aliphatic carbocycles. The predicted molar refractivity (Wildman–Crippen MR) is 83.5 cm³/mol. The first kappa shape index (κ1) is 13.8. The van der Waals surface area contributed by atoms with E-state index in [1.54, 1.807) is 0 Å². The largest absolute Gasteiger partial charge is 0.310 e. The number of hydrogen-bond donors (Lipinski definition) is 1. The summed E-state index contributed by atoms with van der Waals surface area (Å²) < 4.78 is 2.62. The van der Waals surface area contributed by atoms with Crippen molar-refractivity contribution >= 4 is 15.9 Å². The number of aryl methyl sites for hydroxylation is 2. The highest BCUT2D eigenvalue weighted by molar-refractivity contribution is 9.10. The summed E-state index contributed by atoms with van der Waals surface area (Å²) in [6.45, 7) is 3.29. The Kier molecular flexibility index (Phi) is 3.89. The number of fused-ring (bicyclic) bond motifs is 1. The Balaban J connectivity index is 1.92. The van der Waals surface area contributed by atoms with Crippen LogP contribution in [0, 0.1) is 0 Å². The van der Waals surface area contributed by atoms with Crippen molar-refractivity contribution in [1.29, 1.82) is 0 Å². The second kappa shape index (κ2) is 5.66. The van der Waals surface area contributed by atoms with Crippen molar-refractivity contribution in [3.8, 4) is 11.3 Å². The molecule has 2 aromatic rings. The minimum absolute atomic E-state index is 0.520. The zero-order chi connectivity index (χ0) is 14.1. The average molecular weight is 335 g/mol. The van der Waals surface area contributed by atoms with Gasteiger partial charge in [-0.05, 0) is 58.9 Å². The zero-order valence-electron chi connectivity index (χ0n) is 11.9. The van der Waals surface area contributed by atoms with Crippen molar-refractivity contribution in [2.45, 2.75) is 32.2 Å². The molecule has 0 fully saturated rings. The Morgan fingerprint density at radius 2 is 2.30 bits per heavy atom. The second-order valence-electron chi connectivity index (χ2n) is 5.31. The van der Waals surface area contributed by atoms with E-state index in [1.807, 2.05) is 11.7 Å². The first-order valence-corrected chi connectivity index (χ1v) is 7.91. The molecular weight excluding hydrogens is 316 g/mol. The SMILES string of the molecule is CCCNC1CCc2cc(-c3c(Br)nnn3C)ccc21. The summed E-state index contributed by atoms with van der Waals surface area (Å²) in [5, 5.41) is 11.7. The maximum Gasteiger partial charge on any atom is 0.156 e. The molecule has 1 atom stereocenters.